The first-order chi connectivity index (χ1) is 44.6. The Morgan fingerprint density at radius 3 is 1.69 bits per heavy atom. The van der Waals surface area contributed by atoms with Crippen molar-refractivity contribution in [3.8, 4) is 0 Å². The molecule has 4 aromatic heterocycles. The van der Waals surface area contributed by atoms with Crippen LogP contribution in [0.3, 0.4) is 0 Å². The fraction of sp³-hybridized carbons (Fsp3) is 0.114. The van der Waals surface area contributed by atoms with E-state index >= 15 is 4.79 Å². The Balaban J connectivity index is 0.810. The number of nitrogens with one attached hydrogen (secondary N) is 2. The number of benzene rings is 7. The number of thioether (sulfide) groups is 2. The molecule has 18 nitrogen and oxygen atoms in total. The van der Waals surface area contributed by atoms with Crippen LogP contribution >= 0.6 is 34.9 Å². The van der Waals surface area contributed by atoms with E-state index in [2.05, 4.69) is 30.9 Å². The SMILES string of the molecule is Cc1cc(SCC2=C(C(=O)OC(c3ccccc3)c3ccccc3)N3C(=O)[C@@H](NC(=O)C(=NOC(=O)c4ccco4)c4csc(NC(c5ccccc5)(c5ccccc5)c5ccccc5)n4)[C@H]3SC2)n2nc(C(=O)OC(c3ccccc3)c3ccccc3)nc2n1. The van der Waals surface area contributed by atoms with Crippen molar-refractivity contribution in [2.24, 2.45) is 5.16 Å². The molecule has 0 aliphatic carbocycles. The first kappa shape index (κ1) is 59.2. The van der Waals surface area contributed by atoms with E-state index in [4.69, 9.17) is 23.7 Å². The van der Waals surface area contributed by atoms with Crippen molar-refractivity contribution in [1.29, 1.82) is 0 Å². The fourth-order valence-corrected chi connectivity index (χ4v) is 14.2. The molecule has 21 heteroatoms. The van der Waals surface area contributed by atoms with Gasteiger partial charge in [-0.3, -0.25) is 14.5 Å². The van der Waals surface area contributed by atoms with Gasteiger partial charge in [-0.05, 0) is 69.6 Å². The van der Waals surface area contributed by atoms with Crippen molar-refractivity contribution in [2.45, 2.75) is 41.1 Å². The Kier molecular flexibility index (Phi) is 17.3. The number of thiazole rings is 1. The molecule has 2 aliphatic heterocycles. The van der Waals surface area contributed by atoms with Crippen molar-refractivity contribution in [1.82, 2.24) is 34.8 Å². The minimum atomic E-state index is -1.21. The van der Waals surface area contributed by atoms with Crippen LogP contribution in [0.1, 0.15) is 83.7 Å². The number of carbonyl (C=O) groups is 5. The highest BCUT2D eigenvalue weighted by Gasteiger charge is 2.55. The number of anilines is 1. The number of nitrogens with zero attached hydrogens (tertiary/aromatic N) is 7. The molecule has 2 amide bonds. The van der Waals surface area contributed by atoms with Gasteiger partial charge in [0.2, 0.25) is 5.76 Å². The summed E-state index contributed by atoms with van der Waals surface area (Å²) in [6.45, 7) is 1.79. The Morgan fingerprint density at radius 1 is 0.659 bits per heavy atom. The molecule has 7 aromatic carbocycles. The van der Waals surface area contributed by atoms with Gasteiger partial charge < -0.3 is 29.4 Å². The molecule has 2 N–H and O–H groups in total. The third kappa shape index (κ3) is 12.4. The second kappa shape index (κ2) is 26.5. The standard InChI is InChI=1S/C70H53N9O9S3/c1-44-40-55(79-68(71-44)74-61(76-79)67(84)87-60(47-28-13-4-14-29-47)48-30-15-5-16-31-48)89-41-49-42-90-64-57(63(81)78(64)58(49)66(83)86-59(45-24-9-2-10-25-45)46-26-11-3-12-27-46)73-62(80)56(77-88-65(82)54-38-23-39-85-54)53-43-91-69(72-53)75-70(50-32-17-6-18-33-50,51-34-19-7-20-35-51)52-36-21-8-22-37-52/h2-40,43,57,59-60,64H,41-42H2,1H3,(H,72,75)(H,73,80)/t57-,64-/m1/s1. The van der Waals surface area contributed by atoms with Gasteiger partial charge in [-0.25, -0.2) is 24.4 Å². The maximum atomic E-state index is 15.2. The first-order valence-electron chi connectivity index (χ1n) is 28.8. The minimum Gasteiger partial charge on any atom is -0.457 e. The van der Waals surface area contributed by atoms with Gasteiger partial charge in [-0.1, -0.05) is 217 Å². The summed E-state index contributed by atoms with van der Waals surface area (Å²) in [6.07, 6.45) is -0.335. The van der Waals surface area contributed by atoms with Crippen LogP contribution in [-0.4, -0.2) is 87.8 Å². The van der Waals surface area contributed by atoms with E-state index in [-0.39, 0.29) is 40.3 Å². The highest BCUT2D eigenvalue weighted by atomic mass is 32.2. The smallest absolute Gasteiger partial charge is 0.400 e. The number of fused-ring (bicyclic) bond motifs is 2. The second-order valence-electron chi connectivity index (χ2n) is 21.0. The van der Waals surface area contributed by atoms with Gasteiger partial charge in [0.25, 0.3) is 23.4 Å². The van der Waals surface area contributed by atoms with Crippen molar-refractivity contribution >= 4 is 81.2 Å². The van der Waals surface area contributed by atoms with Crippen LogP contribution < -0.4 is 10.6 Å². The number of hydrogen-bond donors (Lipinski definition) is 2. The number of oxime groups is 1. The zero-order chi connectivity index (χ0) is 62.3. The maximum absolute atomic E-state index is 15.2. The minimum absolute atomic E-state index is 0.00317. The molecule has 0 bridgehead atoms. The van der Waals surface area contributed by atoms with Crippen molar-refractivity contribution in [3.05, 3.63) is 315 Å². The van der Waals surface area contributed by atoms with E-state index in [1.165, 1.54) is 62.7 Å². The lowest BCUT2D eigenvalue weighted by atomic mass is 9.77. The lowest BCUT2D eigenvalue weighted by molar-refractivity contribution is -0.154. The van der Waals surface area contributed by atoms with Gasteiger partial charge >= 0.3 is 17.9 Å². The predicted molar refractivity (Wildman–Crippen MR) is 345 cm³/mol. The van der Waals surface area contributed by atoms with Gasteiger partial charge in [0, 0.05) is 22.6 Å². The van der Waals surface area contributed by atoms with Gasteiger partial charge in [0.15, 0.2) is 23.1 Å². The van der Waals surface area contributed by atoms with Crippen LogP contribution in [-0.2, 0) is 34.2 Å². The molecule has 2 atom stereocenters. The Bertz CT molecular complexity index is 4310. The number of aryl methyl sites for hydroxylation is 1. The van der Waals surface area contributed by atoms with Crippen LogP contribution in [0.2, 0.25) is 0 Å². The highest BCUT2D eigenvalue weighted by molar-refractivity contribution is 8.01. The zero-order valence-electron chi connectivity index (χ0n) is 48.3. The number of hydrogen-bond acceptors (Lipinski definition) is 18. The van der Waals surface area contributed by atoms with E-state index in [1.54, 1.807) is 18.4 Å². The number of esters is 2. The number of carbonyl (C=O) groups excluding carboxylic acids is 5. The summed E-state index contributed by atoms with van der Waals surface area (Å²) in [7, 11) is 0. The first-order valence-corrected chi connectivity index (χ1v) is 31.7. The lowest BCUT2D eigenvalue weighted by Crippen LogP contribution is -2.71. The molecule has 91 heavy (non-hydrogen) atoms. The summed E-state index contributed by atoms with van der Waals surface area (Å²) in [5.74, 6) is -3.94. The molecule has 6 heterocycles. The largest absolute Gasteiger partial charge is 0.457 e. The maximum Gasteiger partial charge on any atom is 0.400 e. The zero-order valence-corrected chi connectivity index (χ0v) is 50.8. The average molecular weight is 1260 g/mol. The topological polar surface area (TPSA) is 222 Å². The third-order valence-corrected chi connectivity index (χ3v) is 18.4. The lowest BCUT2D eigenvalue weighted by Gasteiger charge is -2.49. The van der Waals surface area contributed by atoms with Crippen LogP contribution in [0.4, 0.5) is 5.13 Å². The Hall–Kier alpha value is -10.7. The molecular formula is C70H53N9O9S3. The van der Waals surface area contributed by atoms with Gasteiger partial charge in [-0.2, -0.15) is 9.50 Å². The van der Waals surface area contributed by atoms with E-state index in [1.807, 2.05) is 212 Å². The van der Waals surface area contributed by atoms with E-state index in [0.717, 1.165) is 27.8 Å². The summed E-state index contributed by atoms with van der Waals surface area (Å²) in [5, 5.41) is 17.0. The van der Waals surface area contributed by atoms with Gasteiger partial charge in [0.1, 0.15) is 33.4 Å². The van der Waals surface area contributed by atoms with Crippen LogP contribution in [0, 0.1) is 6.92 Å². The molecule has 450 valence electrons. The average Bonchev–Trinajstić information content (AvgIpc) is 1.25. The molecule has 2 aliphatic rings. The predicted octanol–water partition coefficient (Wildman–Crippen LogP) is 12.2. The molecule has 0 spiro atoms. The Labute approximate surface area is 534 Å². The quantitative estimate of drug-likeness (QED) is 0.00998. The molecule has 11 aromatic rings. The van der Waals surface area contributed by atoms with Crippen molar-refractivity contribution in [2.75, 3.05) is 16.8 Å². The highest BCUT2D eigenvalue weighted by Crippen LogP contribution is 2.44. The number of furan rings is 1. The molecule has 1 saturated heterocycles. The van der Waals surface area contributed by atoms with Crippen LogP contribution in [0.5, 0.6) is 0 Å². The number of rotatable bonds is 21. The van der Waals surface area contributed by atoms with Gasteiger partial charge in [0.05, 0.1) is 6.26 Å². The van der Waals surface area contributed by atoms with Crippen molar-refractivity contribution in [3.63, 3.8) is 0 Å². The third-order valence-electron chi connectivity index (χ3n) is 15.2. The van der Waals surface area contributed by atoms with E-state index in [9.17, 15) is 19.2 Å². The molecule has 0 saturated carbocycles. The number of ether oxygens (including phenoxy) is 2. The summed E-state index contributed by atoms with van der Waals surface area (Å²) < 4.78 is 19.4. The molecule has 0 unspecified atom stereocenters. The van der Waals surface area contributed by atoms with Crippen molar-refractivity contribution < 1.29 is 42.7 Å². The summed E-state index contributed by atoms with van der Waals surface area (Å²) in [5.41, 5.74) is 5.34. The summed E-state index contributed by atoms with van der Waals surface area (Å²) in [4.78, 5) is 93.2. The van der Waals surface area contributed by atoms with Crippen LogP contribution in [0.15, 0.2) is 268 Å². The van der Waals surface area contributed by atoms with E-state index < -0.39 is 64.6 Å². The molecule has 0 radical (unpaired) electrons. The van der Waals surface area contributed by atoms with Crippen LogP contribution in [0.25, 0.3) is 5.78 Å². The summed E-state index contributed by atoms with van der Waals surface area (Å²) in [6, 6.07) is 70.5. The summed E-state index contributed by atoms with van der Waals surface area (Å²) >= 11 is 3.82. The molecule has 1 fully saturated rings. The number of β-lactam (4-membered cyclic amide) rings is 1. The number of amides is 2. The van der Waals surface area contributed by atoms with E-state index in [0.29, 0.717) is 32.6 Å². The van der Waals surface area contributed by atoms with Gasteiger partial charge in [-0.15, -0.1) is 40.0 Å². The normalized spacial score (nSPS) is 14.8. The molecular weight excluding hydrogens is 1210 g/mol. The molecule has 13 rings (SSSR count). The fourth-order valence-electron chi connectivity index (χ4n) is 10.9. The monoisotopic (exact) mass is 1260 g/mol. The Morgan fingerprint density at radius 2 is 1.18 bits per heavy atom. The second-order valence-corrected chi connectivity index (χ2v) is 24.0. The number of aromatic nitrogens is 5.